The third-order valence-electron chi connectivity index (χ3n) is 5.16. The fourth-order valence-corrected chi connectivity index (χ4v) is 3.48. The average molecular weight is 415 g/mol. The van der Waals surface area contributed by atoms with Crippen molar-refractivity contribution in [3.05, 3.63) is 95.6 Å². The van der Waals surface area contributed by atoms with Crippen LogP contribution in [0.1, 0.15) is 39.6 Å². The van der Waals surface area contributed by atoms with Gasteiger partial charge in [0.25, 0.3) is 5.91 Å². The van der Waals surface area contributed by atoms with E-state index in [1.807, 2.05) is 37.3 Å². The predicted molar refractivity (Wildman–Crippen MR) is 120 cm³/mol. The van der Waals surface area contributed by atoms with Crippen molar-refractivity contribution in [3.63, 3.8) is 0 Å². The van der Waals surface area contributed by atoms with Crippen LogP contribution >= 0.6 is 0 Å². The minimum Gasteiger partial charge on any atom is -0.478 e. The van der Waals surface area contributed by atoms with E-state index in [-0.39, 0.29) is 23.4 Å². The van der Waals surface area contributed by atoms with Crippen LogP contribution in [0.3, 0.4) is 0 Å². The van der Waals surface area contributed by atoms with Crippen molar-refractivity contribution < 1.29 is 19.5 Å². The van der Waals surface area contributed by atoms with Crippen molar-refractivity contribution in [2.24, 2.45) is 5.92 Å². The normalized spacial score (nSPS) is 12.5. The highest BCUT2D eigenvalue weighted by molar-refractivity contribution is 5.96. The maximum atomic E-state index is 12.7. The van der Waals surface area contributed by atoms with Gasteiger partial charge in [-0.15, -0.1) is 0 Å². The number of carbonyl (C=O) groups excluding carboxylic acids is 2. The Hall–Kier alpha value is -3.73. The Morgan fingerprint density at radius 2 is 1.45 bits per heavy atom. The summed E-state index contributed by atoms with van der Waals surface area (Å²) in [5.74, 6) is -1.52. The molecule has 0 saturated heterocycles. The van der Waals surface area contributed by atoms with E-state index >= 15 is 0 Å². The lowest BCUT2D eigenvalue weighted by molar-refractivity contribution is -0.111. The van der Waals surface area contributed by atoms with Gasteiger partial charge < -0.3 is 15.2 Å². The van der Waals surface area contributed by atoms with E-state index in [4.69, 9.17) is 5.11 Å². The SMILES string of the molecule is C[C@@H](C=O)C[C@@H](Cc1ccc(-c2ccccc2)cc1)NC(=O)c1ccc(C(=O)O)cc1. The second-order valence-corrected chi connectivity index (χ2v) is 7.67. The second-order valence-electron chi connectivity index (χ2n) is 7.67. The number of carboxylic acid groups (broad SMARTS) is 1. The Kier molecular flexibility index (Phi) is 7.33. The third kappa shape index (κ3) is 6.12. The number of rotatable bonds is 9. The van der Waals surface area contributed by atoms with Crippen molar-refractivity contribution in [3.8, 4) is 11.1 Å². The van der Waals surface area contributed by atoms with Crippen molar-refractivity contribution in [1.82, 2.24) is 5.32 Å². The molecule has 0 aliphatic heterocycles. The van der Waals surface area contributed by atoms with Gasteiger partial charge in [0.05, 0.1) is 5.56 Å². The lowest BCUT2D eigenvalue weighted by Gasteiger charge is -2.21. The molecule has 31 heavy (non-hydrogen) atoms. The Morgan fingerprint density at radius 1 is 0.871 bits per heavy atom. The summed E-state index contributed by atoms with van der Waals surface area (Å²) in [5, 5.41) is 12.0. The van der Waals surface area contributed by atoms with Gasteiger partial charge >= 0.3 is 5.97 Å². The summed E-state index contributed by atoms with van der Waals surface area (Å²) in [5.41, 5.74) is 3.82. The number of hydrogen-bond acceptors (Lipinski definition) is 3. The minimum absolute atomic E-state index is 0.126. The number of nitrogens with one attached hydrogen (secondary N) is 1. The van der Waals surface area contributed by atoms with E-state index in [0.717, 1.165) is 23.0 Å². The average Bonchev–Trinajstić information content (AvgIpc) is 2.80. The van der Waals surface area contributed by atoms with Crippen LogP contribution in [-0.2, 0) is 11.2 Å². The zero-order chi connectivity index (χ0) is 22.2. The molecule has 3 rings (SSSR count). The molecule has 3 aromatic rings. The maximum absolute atomic E-state index is 12.7. The molecule has 1 amide bonds. The first-order chi connectivity index (χ1) is 15.0. The lowest BCUT2D eigenvalue weighted by atomic mass is 9.95. The molecule has 0 heterocycles. The molecule has 0 bridgehead atoms. The number of carbonyl (C=O) groups is 3. The first-order valence-corrected chi connectivity index (χ1v) is 10.2. The molecule has 0 aliphatic carbocycles. The molecule has 2 N–H and O–H groups in total. The zero-order valence-electron chi connectivity index (χ0n) is 17.3. The van der Waals surface area contributed by atoms with Crippen LogP contribution in [0.25, 0.3) is 11.1 Å². The fourth-order valence-electron chi connectivity index (χ4n) is 3.48. The molecule has 0 unspecified atom stereocenters. The van der Waals surface area contributed by atoms with E-state index in [1.54, 1.807) is 0 Å². The van der Waals surface area contributed by atoms with Crippen LogP contribution in [0, 0.1) is 5.92 Å². The van der Waals surface area contributed by atoms with Gasteiger partial charge in [0.15, 0.2) is 0 Å². The van der Waals surface area contributed by atoms with Crippen LogP contribution in [-0.4, -0.2) is 29.3 Å². The van der Waals surface area contributed by atoms with Crippen LogP contribution < -0.4 is 5.32 Å². The summed E-state index contributed by atoms with van der Waals surface area (Å²) >= 11 is 0. The van der Waals surface area contributed by atoms with Gasteiger partial charge in [0.2, 0.25) is 0 Å². The van der Waals surface area contributed by atoms with Gasteiger partial charge in [-0.05, 0) is 53.8 Å². The standard InChI is InChI=1S/C26H25NO4/c1-18(17-28)15-24(27-25(29)22-11-13-23(14-12-22)26(30)31)16-19-7-9-21(10-8-19)20-5-3-2-4-6-20/h2-14,17-18,24H,15-16H2,1H3,(H,27,29)(H,30,31)/t18-,24+/m1/s1. The quantitative estimate of drug-likeness (QED) is 0.500. The minimum atomic E-state index is -1.04. The molecule has 0 aromatic heterocycles. The topological polar surface area (TPSA) is 83.5 Å². The van der Waals surface area contributed by atoms with E-state index in [0.29, 0.717) is 18.4 Å². The van der Waals surface area contributed by atoms with Crippen molar-refractivity contribution in [2.45, 2.75) is 25.8 Å². The molecule has 0 spiro atoms. The number of aldehydes is 1. The van der Waals surface area contributed by atoms with Gasteiger partial charge in [0.1, 0.15) is 6.29 Å². The summed E-state index contributed by atoms with van der Waals surface area (Å²) in [6.07, 6.45) is 1.99. The number of aromatic carboxylic acids is 1. The van der Waals surface area contributed by atoms with Gasteiger partial charge in [-0.1, -0.05) is 61.5 Å². The van der Waals surface area contributed by atoms with Crippen molar-refractivity contribution in [1.29, 1.82) is 0 Å². The summed E-state index contributed by atoms with van der Waals surface area (Å²) in [7, 11) is 0. The summed E-state index contributed by atoms with van der Waals surface area (Å²) in [4.78, 5) is 34.9. The molecular formula is C26H25NO4. The van der Waals surface area contributed by atoms with E-state index < -0.39 is 5.97 Å². The van der Waals surface area contributed by atoms with Crippen LogP contribution in [0.2, 0.25) is 0 Å². The van der Waals surface area contributed by atoms with Gasteiger partial charge in [-0.2, -0.15) is 0 Å². The first-order valence-electron chi connectivity index (χ1n) is 10.2. The van der Waals surface area contributed by atoms with Gasteiger partial charge in [-0.25, -0.2) is 4.79 Å². The van der Waals surface area contributed by atoms with Crippen LogP contribution in [0.5, 0.6) is 0 Å². The highest BCUT2D eigenvalue weighted by Crippen LogP contribution is 2.20. The molecule has 3 aromatic carbocycles. The van der Waals surface area contributed by atoms with Crippen molar-refractivity contribution in [2.75, 3.05) is 0 Å². The van der Waals surface area contributed by atoms with Crippen LogP contribution in [0.4, 0.5) is 0 Å². The number of hydrogen-bond donors (Lipinski definition) is 2. The number of carboxylic acids is 1. The summed E-state index contributed by atoms with van der Waals surface area (Å²) in [6, 6.07) is 23.8. The van der Waals surface area contributed by atoms with E-state index in [2.05, 4.69) is 29.6 Å². The first kappa shape index (κ1) is 22.0. The summed E-state index contributed by atoms with van der Waals surface area (Å²) in [6.45, 7) is 1.83. The predicted octanol–water partition coefficient (Wildman–Crippen LogP) is 4.62. The van der Waals surface area contributed by atoms with Crippen molar-refractivity contribution >= 4 is 18.2 Å². The molecule has 158 valence electrons. The number of benzene rings is 3. The highest BCUT2D eigenvalue weighted by Gasteiger charge is 2.18. The Labute approximate surface area is 181 Å². The second kappa shape index (κ2) is 10.3. The fraction of sp³-hybridized carbons (Fsp3) is 0.192. The summed E-state index contributed by atoms with van der Waals surface area (Å²) < 4.78 is 0. The maximum Gasteiger partial charge on any atom is 0.335 e. The smallest absolute Gasteiger partial charge is 0.335 e. The largest absolute Gasteiger partial charge is 0.478 e. The molecule has 5 nitrogen and oxygen atoms in total. The Balaban J connectivity index is 1.72. The molecule has 0 aliphatic rings. The van der Waals surface area contributed by atoms with Gasteiger partial charge in [-0.3, -0.25) is 4.79 Å². The molecule has 0 saturated carbocycles. The Bertz CT molecular complexity index is 1030. The molecule has 0 radical (unpaired) electrons. The molecule has 0 fully saturated rings. The molecular weight excluding hydrogens is 390 g/mol. The lowest BCUT2D eigenvalue weighted by Crippen LogP contribution is -2.37. The van der Waals surface area contributed by atoms with E-state index in [1.165, 1.54) is 24.3 Å². The molecule has 5 heteroatoms. The molecule has 2 atom stereocenters. The highest BCUT2D eigenvalue weighted by atomic mass is 16.4. The monoisotopic (exact) mass is 415 g/mol. The van der Waals surface area contributed by atoms with Crippen LogP contribution in [0.15, 0.2) is 78.9 Å². The van der Waals surface area contributed by atoms with E-state index in [9.17, 15) is 14.4 Å². The zero-order valence-corrected chi connectivity index (χ0v) is 17.3. The third-order valence-corrected chi connectivity index (χ3v) is 5.16. The van der Waals surface area contributed by atoms with Gasteiger partial charge in [0, 0.05) is 17.5 Å². The number of amides is 1. The Morgan fingerprint density at radius 3 is 2.03 bits per heavy atom.